The van der Waals surface area contributed by atoms with Gasteiger partial charge in [-0.05, 0) is 30.2 Å². The van der Waals surface area contributed by atoms with Gasteiger partial charge in [0.05, 0.1) is 18.7 Å². The lowest BCUT2D eigenvalue weighted by Crippen LogP contribution is -2.81. The predicted octanol–water partition coefficient (Wildman–Crippen LogP) is 2.28. The number of nitrogens with zero attached hydrogens (tertiary/aromatic N) is 3. The Morgan fingerprint density at radius 2 is 1.71 bits per heavy atom. The molecule has 3 aliphatic rings. The molecule has 0 aliphatic carbocycles. The van der Waals surface area contributed by atoms with Gasteiger partial charge in [0, 0.05) is 31.7 Å². The minimum atomic E-state index is -4.77. The quantitative estimate of drug-likeness (QED) is 0.509. The second-order valence-corrected chi connectivity index (χ2v) is 9.25. The van der Waals surface area contributed by atoms with E-state index in [1.165, 1.54) is 42.5 Å². The number of β-amino-alcohol motifs (C(OH)–C–C–N with tert-alkyl or cyclic N) is 1. The van der Waals surface area contributed by atoms with Gasteiger partial charge in [-0.15, -0.1) is 13.2 Å². The summed E-state index contributed by atoms with van der Waals surface area (Å²) in [6.07, 6.45) is -5.32. The van der Waals surface area contributed by atoms with E-state index in [1.807, 2.05) is 4.90 Å². The Hall–Kier alpha value is -3.02. The second-order valence-electron chi connectivity index (χ2n) is 9.25. The molecule has 0 radical (unpaired) electrons. The molecule has 3 heterocycles. The summed E-state index contributed by atoms with van der Waals surface area (Å²) < 4.78 is 55.3. The largest absolute Gasteiger partial charge is 0.573 e. The van der Waals surface area contributed by atoms with Crippen molar-refractivity contribution in [1.82, 2.24) is 14.7 Å². The number of alkyl halides is 3. The Balaban J connectivity index is 1.32. The fraction of sp³-hybridized carbons (Fsp3) is 0.417. The summed E-state index contributed by atoms with van der Waals surface area (Å²) in [4.78, 5) is 31.5. The summed E-state index contributed by atoms with van der Waals surface area (Å²) in [7, 11) is 0. The SMILES string of the molecule is O=C1C2CC(O)CN2C2(CN(Cc3ccc(OC(F)(F)F)cc3)C2)C(=O)N1Cc1ccccc1F. The molecular weight excluding hydrogens is 470 g/mol. The Kier molecular flexibility index (Phi) is 5.81. The van der Waals surface area contributed by atoms with Gasteiger partial charge in [0.25, 0.3) is 5.91 Å². The van der Waals surface area contributed by atoms with E-state index in [9.17, 15) is 32.3 Å². The summed E-state index contributed by atoms with van der Waals surface area (Å²) in [5, 5.41) is 10.3. The highest BCUT2D eigenvalue weighted by Gasteiger charge is 2.64. The van der Waals surface area contributed by atoms with Crippen LogP contribution in [0.5, 0.6) is 5.75 Å². The summed E-state index contributed by atoms with van der Waals surface area (Å²) in [6.45, 7) is 0.928. The van der Waals surface area contributed by atoms with Gasteiger partial charge in [-0.1, -0.05) is 30.3 Å². The van der Waals surface area contributed by atoms with Crippen molar-refractivity contribution < 1.29 is 37.0 Å². The molecule has 3 aliphatic heterocycles. The molecule has 2 unspecified atom stereocenters. The maximum absolute atomic E-state index is 14.3. The lowest BCUT2D eigenvalue weighted by atomic mass is 9.82. The van der Waals surface area contributed by atoms with E-state index in [-0.39, 0.29) is 43.9 Å². The normalized spacial score (nSPS) is 24.5. The number of hydrogen-bond acceptors (Lipinski definition) is 6. The number of hydrogen-bond donors (Lipinski definition) is 1. The van der Waals surface area contributed by atoms with Crippen LogP contribution in [0.4, 0.5) is 17.6 Å². The van der Waals surface area contributed by atoms with Crippen molar-refractivity contribution in [1.29, 1.82) is 0 Å². The molecule has 2 aromatic carbocycles. The van der Waals surface area contributed by atoms with Gasteiger partial charge in [0.1, 0.15) is 17.1 Å². The number of halogens is 4. The molecule has 0 saturated carbocycles. The lowest BCUT2D eigenvalue weighted by molar-refractivity contribution is -0.274. The van der Waals surface area contributed by atoms with Crippen LogP contribution in [0.15, 0.2) is 48.5 Å². The summed E-state index contributed by atoms with van der Waals surface area (Å²) >= 11 is 0. The molecular formula is C24H23F4N3O4. The minimum Gasteiger partial charge on any atom is -0.406 e. The standard InChI is InChI=1S/C24H23F4N3O4/c25-19-4-2-1-3-16(19)11-30-21(33)20-9-17(32)12-31(20)23(22(30)34)13-29(14-23)10-15-5-7-18(8-6-15)35-24(26,27)28/h1-8,17,20,32H,9-14H2. The Bertz CT molecular complexity index is 1130. The first-order valence-electron chi connectivity index (χ1n) is 11.2. The number of rotatable bonds is 5. The third-order valence-electron chi connectivity index (χ3n) is 6.84. The zero-order valence-electron chi connectivity index (χ0n) is 18.5. The monoisotopic (exact) mass is 493 g/mol. The van der Waals surface area contributed by atoms with Crippen LogP contribution < -0.4 is 4.74 Å². The summed E-state index contributed by atoms with van der Waals surface area (Å²) in [6, 6.07) is 10.8. The number of carbonyl (C=O) groups is 2. The summed E-state index contributed by atoms with van der Waals surface area (Å²) in [5.74, 6) is -1.70. The topological polar surface area (TPSA) is 73.3 Å². The zero-order chi connectivity index (χ0) is 25.0. The van der Waals surface area contributed by atoms with Gasteiger partial charge in [-0.3, -0.25) is 24.3 Å². The van der Waals surface area contributed by atoms with Crippen LogP contribution in [0, 0.1) is 5.82 Å². The molecule has 186 valence electrons. The van der Waals surface area contributed by atoms with E-state index in [4.69, 9.17) is 0 Å². The number of amides is 2. The Morgan fingerprint density at radius 3 is 2.37 bits per heavy atom. The van der Waals surface area contributed by atoms with Crippen molar-refractivity contribution in [3.05, 3.63) is 65.5 Å². The third-order valence-corrected chi connectivity index (χ3v) is 6.84. The smallest absolute Gasteiger partial charge is 0.406 e. The van der Waals surface area contributed by atoms with Crippen molar-refractivity contribution in [2.75, 3.05) is 19.6 Å². The molecule has 3 fully saturated rings. The molecule has 7 nitrogen and oxygen atoms in total. The van der Waals surface area contributed by atoms with Crippen LogP contribution in [0.25, 0.3) is 0 Å². The molecule has 2 atom stereocenters. The van der Waals surface area contributed by atoms with Crippen molar-refractivity contribution >= 4 is 11.8 Å². The highest BCUT2D eigenvalue weighted by Crippen LogP contribution is 2.41. The van der Waals surface area contributed by atoms with Crippen molar-refractivity contribution in [2.45, 2.75) is 43.6 Å². The van der Waals surface area contributed by atoms with Crippen molar-refractivity contribution in [3.8, 4) is 5.75 Å². The number of aliphatic hydroxyl groups is 1. The molecule has 1 N–H and O–H groups in total. The van der Waals surface area contributed by atoms with Crippen LogP contribution in [-0.2, 0) is 22.7 Å². The van der Waals surface area contributed by atoms with E-state index in [0.717, 1.165) is 10.5 Å². The molecule has 11 heteroatoms. The molecule has 5 rings (SSSR count). The first-order chi connectivity index (χ1) is 16.6. The van der Waals surface area contributed by atoms with Gasteiger partial charge in [-0.25, -0.2) is 4.39 Å². The average Bonchev–Trinajstić information content (AvgIpc) is 3.16. The number of imide groups is 1. The van der Waals surface area contributed by atoms with Crippen LogP contribution in [0.3, 0.4) is 0 Å². The maximum atomic E-state index is 14.3. The second kappa shape index (κ2) is 8.58. The van der Waals surface area contributed by atoms with E-state index < -0.39 is 41.7 Å². The molecule has 2 amide bonds. The van der Waals surface area contributed by atoms with E-state index in [0.29, 0.717) is 6.54 Å². The van der Waals surface area contributed by atoms with Gasteiger partial charge < -0.3 is 9.84 Å². The predicted molar refractivity (Wildman–Crippen MR) is 114 cm³/mol. The Morgan fingerprint density at radius 1 is 1.03 bits per heavy atom. The van der Waals surface area contributed by atoms with Crippen molar-refractivity contribution in [3.63, 3.8) is 0 Å². The number of likely N-dealkylation sites (tertiary alicyclic amines) is 1. The molecule has 3 saturated heterocycles. The number of piperazine rings is 1. The maximum Gasteiger partial charge on any atom is 0.573 e. The number of ether oxygens (including phenoxy) is 1. The fourth-order valence-electron chi connectivity index (χ4n) is 5.30. The van der Waals surface area contributed by atoms with Crippen LogP contribution in [-0.4, -0.2) is 75.3 Å². The van der Waals surface area contributed by atoms with Gasteiger partial charge in [0.2, 0.25) is 5.91 Å². The minimum absolute atomic E-state index is 0.187. The van der Waals surface area contributed by atoms with E-state index >= 15 is 0 Å². The fourth-order valence-corrected chi connectivity index (χ4v) is 5.30. The lowest BCUT2D eigenvalue weighted by Gasteiger charge is -2.58. The van der Waals surface area contributed by atoms with Crippen molar-refractivity contribution in [2.24, 2.45) is 0 Å². The summed E-state index contributed by atoms with van der Waals surface area (Å²) in [5.41, 5.74) is -0.0654. The number of carbonyl (C=O) groups excluding carboxylic acids is 2. The number of fused-ring (bicyclic) bond motifs is 2. The molecule has 35 heavy (non-hydrogen) atoms. The van der Waals surface area contributed by atoms with E-state index in [1.54, 1.807) is 11.0 Å². The Labute approximate surface area is 198 Å². The number of aliphatic hydroxyl groups excluding tert-OH is 1. The first-order valence-corrected chi connectivity index (χ1v) is 11.2. The third kappa shape index (κ3) is 4.39. The molecule has 2 aromatic rings. The van der Waals surface area contributed by atoms with Crippen LogP contribution in [0.1, 0.15) is 17.5 Å². The average molecular weight is 493 g/mol. The van der Waals surface area contributed by atoms with E-state index in [2.05, 4.69) is 4.74 Å². The number of benzene rings is 2. The highest BCUT2D eigenvalue weighted by molar-refractivity contribution is 6.06. The molecule has 1 spiro atoms. The van der Waals surface area contributed by atoms with Gasteiger partial charge >= 0.3 is 6.36 Å². The molecule has 0 aromatic heterocycles. The highest BCUT2D eigenvalue weighted by atomic mass is 19.4. The van der Waals surface area contributed by atoms with Gasteiger partial charge in [0.15, 0.2) is 0 Å². The zero-order valence-corrected chi connectivity index (χ0v) is 18.5. The van der Waals surface area contributed by atoms with Gasteiger partial charge in [-0.2, -0.15) is 0 Å². The van der Waals surface area contributed by atoms with Crippen LogP contribution in [0.2, 0.25) is 0 Å². The molecule has 0 bridgehead atoms. The first kappa shape index (κ1) is 23.7. The van der Waals surface area contributed by atoms with Crippen LogP contribution >= 0.6 is 0 Å².